The molecule has 0 radical (unpaired) electrons. The van der Waals surface area contributed by atoms with E-state index in [0.717, 1.165) is 38.8 Å². The van der Waals surface area contributed by atoms with Gasteiger partial charge in [0.05, 0.1) is 5.69 Å². The Bertz CT molecular complexity index is 488. The minimum absolute atomic E-state index is 0.0702. The van der Waals surface area contributed by atoms with E-state index in [9.17, 15) is 13.6 Å². The highest BCUT2D eigenvalue weighted by Crippen LogP contribution is 2.14. The zero-order valence-electron chi connectivity index (χ0n) is 12.2. The summed E-state index contributed by atoms with van der Waals surface area (Å²) >= 11 is 0. The molecule has 116 valence electrons. The van der Waals surface area contributed by atoms with Crippen molar-refractivity contribution in [3.8, 4) is 0 Å². The van der Waals surface area contributed by atoms with Crippen molar-refractivity contribution in [2.75, 3.05) is 44.6 Å². The molecule has 1 N–H and O–H groups in total. The van der Waals surface area contributed by atoms with E-state index in [2.05, 4.69) is 17.1 Å². The Kier molecular flexibility index (Phi) is 5.50. The van der Waals surface area contributed by atoms with Gasteiger partial charge in [-0.2, -0.15) is 0 Å². The molecule has 1 aliphatic rings. The third kappa shape index (κ3) is 4.39. The van der Waals surface area contributed by atoms with Gasteiger partial charge in [-0.25, -0.2) is 8.78 Å². The molecule has 0 bridgehead atoms. The summed E-state index contributed by atoms with van der Waals surface area (Å²) < 4.78 is 26.2. The van der Waals surface area contributed by atoms with Crippen molar-refractivity contribution in [2.24, 2.45) is 0 Å². The number of nitrogens with one attached hydrogen (secondary N) is 1. The minimum atomic E-state index is -0.640. The number of piperazine rings is 1. The molecule has 21 heavy (non-hydrogen) atoms. The summed E-state index contributed by atoms with van der Waals surface area (Å²) in [7, 11) is 0. The highest BCUT2D eigenvalue weighted by molar-refractivity contribution is 5.76. The second-order valence-electron chi connectivity index (χ2n) is 5.12. The Morgan fingerprint density at radius 1 is 1.24 bits per heavy atom. The Morgan fingerprint density at radius 2 is 1.95 bits per heavy atom. The average molecular weight is 297 g/mol. The van der Waals surface area contributed by atoms with E-state index < -0.39 is 11.6 Å². The van der Waals surface area contributed by atoms with E-state index in [-0.39, 0.29) is 11.6 Å². The molecule has 1 fully saturated rings. The lowest BCUT2D eigenvalue weighted by atomic mass is 10.2. The summed E-state index contributed by atoms with van der Waals surface area (Å²) in [6, 6.07) is 3.36. The SMILES string of the molecule is CCN1CCN(C(=O)CCNc2ccc(F)cc2F)CC1. The van der Waals surface area contributed by atoms with E-state index in [1.165, 1.54) is 12.1 Å². The van der Waals surface area contributed by atoms with Gasteiger partial charge >= 0.3 is 0 Å². The standard InChI is InChI=1S/C15H21F2N3O/c1-2-19-7-9-20(10-8-19)15(21)5-6-18-14-4-3-12(16)11-13(14)17/h3-4,11,18H,2,5-10H2,1H3. The topological polar surface area (TPSA) is 35.6 Å². The van der Waals surface area contributed by atoms with Gasteiger partial charge < -0.3 is 15.1 Å². The number of hydrogen-bond donors (Lipinski definition) is 1. The van der Waals surface area contributed by atoms with Gasteiger partial charge in [0.15, 0.2) is 0 Å². The summed E-state index contributed by atoms with van der Waals surface area (Å²) in [5.74, 6) is -1.18. The quantitative estimate of drug-likeness (QED) is 0.902. The molecule has 1 aliphatic heterocycles. The number of benzene rings is 1. The van der Waals surface area contributed by atoms with Crippen LogP contribution in [0, 0.1) is 11.6 Å². The maximum absolute atomic E-state index is 13.4. The first-order valence-electron chi connectivity index (χ1n) is 7.29. The van der Waals surface area contributed by atoms with Crippen LogP contribution in [0.4, 0.5) is 14.5 Å². The van der Waals surface area contributed by atoms with Crippen molar-refractivity contribution in [1.29, 1.82) is 0 Å². The van der Waals surface area contributed by atoms with Gasteiger partial charge in [-0.05, 0) is 18.7 Å². The molecule has 0 spiro atoms. The number of rotatable bonds is 5. The molecular weight excluding hydrogens is 276 g/mol. The summed E-state index contributed by atoms with van der Waals surface area (Å²) in [6.45, 7) is 6.77. The van der Waals surface area contributed by atoms with E-state index in [1.807, 2.05) is 4.90 Å². The molecule has 4 nitrogen and oxygen atoms in total. The molecule has 1 heterocycles. The third-order valence-corrected chi connectivity index (χ3v) is 3.76. The summed E-state index contributed by atoms with van der Waals surface area (Å²) in [4.78, 5) is 16.2. The van der Waals surface area contributed by atoms with E-state index in [4.69, 9.17) is 0 Å². The van der Waals surface area contributed by atoms with Crippen LogP contribution in [0.25, 0.3) is 0 Å². The lowest BCUT2D eigenvalue weighted by molar-refractivity contribution is -0.132. The molecular formula is C15H21F2N3O. The normalized spacial score (nSPS) is 16.0. The second kappa shape index (κ2) is 7.36. The average Bonchev–Trinajstić information content (AvgIpc) is 2.49. The maximum atomic E-state index is 13.4. The number of carbonyl (C=O) groups is 1. The van der Waals surface area contributed by atoms with Crippen LogP contribution >= 0.6 is 0 Å². The van der Waals surface area contributed by atoms with Crippen LogP contribution in [-0.4, -0.2) is 55.0 Å². The predicted molar refractivity (Wildman–Crippen MR) is 78.2 cm³/mol. The number of carbonyl (C=O) groups excluding carboxylic acids is 1. The lowest BCUT2D eigenvalue weighted by Gasteiger charge is -2.34. The van der Waals surface area contributed by atoms with E-state index in [1.54, 1.807) is 0 Å². The fourth-order valence-corrected chi connectivity index (χ4v) is 2.41. The van der Waals surface area contributed by atoms with Gasteiger partial charge in [-0.15, -0.1) is 0 Å². The van der Waals surface area contributed by atoms with Gasteiger partial charge in [-0.1, -0.05) is 6.92 Å². The largest absolute Gasteiger partial charge is 0.382 e. The smallest absolute Gasteiger partial charge is 0.224 e. The monoisotopic (exact) mass is 297 g/mol. The Morgan fingerprint density at radius 3 is 2.57 bits per heavy atom. The number of halogens is 2. The maximum Gasteiger partial charge on any atom is 0.224 e. The minimum Gasteiger partial charge on any atom is -0.382 e. The van der Waals surface area contributed by atoms with Crippen LogP contribution in [0.3, 0.4) is 0 Å². The van der Waals surface area contributed by atoms with E-state index >= 15 is 0 Å². The number of likely N-dealkylation sites (N-methyl/N-ethyl adjacent to an activating group) is 1. The van der Waals surface area contributed by atoms with Crippen LogP contribution in [0.1, 0.15) is 13.3 Å². The lowest BCUT2D eigenvalue weighted by Crippen LogP contribution is -2.48. The molecule has 0 saturated carbocycles. The Balaban J connectivity index is 1.74. The van der Waals surface area contributed by atoms with Gasteiger partial charge in [0.25, 0.3) is 0 Å². The van der Waals surface area contributed by atoms with Crippen molar-refractivity contribution >= 4 is 11.6 Å². The summed E-state index contributed by atoms with van der Waals surface area (Å²) in [6.07, 6.45) is 0.308. The molecule has 2 rings (SSSR count). The Hall–Kier alpha value is -1.69. The zero-order valence-corrected chi connectivity index (χ0v) is 12.2. The summed E-state index contributed by atoms with van der Waals surface area (Å²) in [5.41, 5.74) is 0.222. The molecule has 0 unspecified atom stereocenters. The second-order valence-corrected chi connectivity index (χ2v) is 5.12. The molecule has 1 aromatic carbocycles. The van der Waals surface area contributed by atoms with Crippen molar-refractivity contribution in [3.05, 3.63) is 29.8 Å². The molecule has 0 aliphatic carbocycles. The molecule has 1 amide bonds. The molecule has 1 aromatic rings. The fraction of sp³-hybridized carbons (Fsp3) is 0.533. The predicted octanol–water partition coefficient (Wildman–Crippen LogP) is 1.93. The van der Waals surface area contributed by atoms with Crippen LogP contribution in [0.5, 0.6) is 0 Å². The van der Waals surface area contributed by atoms with Crippen LogP contribution in [0.15, 0.2) is 18.2 Å². The summed E-state index contributed by atoms with van der Waals surface area (Å²) in [5, 5.41) is 2.83. The first-order valence-corrected chi connectivity index (χ1v) is 7.29. The highest BCUT2D eigenvalue weighted by atomic mass is 19.1. The van der Waals surface area contributed by atoms with Gasteiger partial charge in [-0.3, -0.25) is 4.79 Å². The number of hydrogen-bond acceptors (Lipinski definition) is 3. The molecule has 0 aromatic heterocycles. The van der Waals surface area contributed by atoms with Crippen molar-refractivity contribution in [2.45, 2.75) is 13.3 Å². The fourth-order valence-electron chi connectivity index (χ4n) is 2.41. The van der Waals surface area contributed by atoms with Crippen molar-refractivity contribution in [3.63, 3.8) is 0 Å². The van der Waals surface area contributed by atoms with Gasteiger partial charge in [0.1, 0.15) is 11.6 Å². The van der Waals surface area contributed by atoms with Crippen LogP contribution in [-0.2, 0) is 4.79 Å². The van der Waals surface area contributed by atoms with Gasteiger partial charge in [0, 0.05) is 45.2 Å². The number of anilines is 1. The van der Waals surface area contributed by atoms with E-state index in [0.29, 0.717) is 13.0 Å². The van der Waals surface area contributed by atoms with Crippen molar-refractivity contribution in [1.82, 2.24) is 9.80 Å². The molecule has 0 atom stereocenters. The molecule has 6 heteroatoms. The zero-order chi connectivity index (χ0) is 15.2. The molecule has 1 saturated heterocycles. The van der Waals surface area contributed by atoms with Crippen LogP contribution < -0.4 is 5.32 Å². The van der Waals surface area contributed by atoms with Gasteiger partial charge in [0.2, 0.25) is 5.91 Å². The number of amides is 1. The first-order chi connectivity index (χ1) is 10.1. The van der Waals surface area contributed by atoms with Crippen LogP contribution in [0.2, 0.25) is 0 Å². The number of nitrogens with zero attached hydrogens (tertiary/aromatic N) is 2. The van der Waals surface area contributed by atoms with Crippen molar-refractivity contribution < 1.29 is 13.6 Å². The Labute approximate surface area is 123 Å². The highest BCUT2D eigenvalue weighted by Gasteiger charge is 2.19. The third-order valence-electron chi connectivity index (χ3n) is 3.76. The first kappa shape index (κ1) is 15.7.